The second kappa shape index (κ2) is 4.33. The Hall–Kier alpha value is -2.37. The van der Waals surface area contributed by atoms with E-state index in [4.69, 9.17) is 4.74 Å². The molecule has 0 aliphatic carbocycles. The fourth-order valence-electron chi connectivity index (χ4n) is 2.23. The lowest BCUT2D eigenvalue weighted by atomic mass is 10.1. The highest BCUT2D eigenvalue weighted by atomic mass is 16.6. The Balaban J connectivity index is 1.85. The first-order chi connectivity index (χ1) is 9.44. The maximum Gasteiger partial charge on any atom is 0.416 e. The largest absolute Gasteiger partial charge is 0.441 e. The smallest absolute Gasteiger partial charge is 0.416 e. The van der Waals surface area contributed by atoms with Crippen LogP contribution < -0.4 is 4.90 Å². The van der Waals surface area contributed by atoms with Crippen LogP contribution in [0, 0.1) is 0 Å². The van der Waals surface area contributed by atoms with Gasteiger partial charge >= 0.3 is 6.09 Å². The molecule has 0 aromatic carbocycles. The molecule has 0 atom stereocenters. The van der Waals surface area contributed by atoms with Crippen LogP contribution in [0.5, 0.6) is 0 Å². The second-order valence-electron chi connectivity index (χ2n) is 5.52. The van der Waals surface area contributed by atoms with E-state index in [1.165, 1.54) is 0 Å². The molecule has 0 bridgehead atoms. The number of hydrogen-bond donors (Lipinski definition) is 0. The molecule has 1 fully saturated rings. The number of aryl methyl sites for hydroxylation is 1. The number of carbonyl (C=O) groups is 1. The van der Waals surface area contributed by atoms with Gasteiger partial charge in [0.15, 0.2) is 0 Å². The van der Waals surface area contributed by atoms with E-state index in [-0.39, 0.29) is 6.09 Å². The summed E-state index contributed by atoms with van der Waals surface area (Å²) in [5.74, 6) is 0.605. The number of nitrogens with zero attached hydrogens (tertiary/aromatic N) is 4. The Morgan fingerprint density at radius 1 is 1.25 bits per heavy atom. The van der Waals surface area contributed by atoms with Crippen molar-refractivity contribution < 1.29 is 9.53 Å². The van der Waals surface area contributed by atoms with Crippen molar-refractivity contribution in [1.82, 2.24) is 14.8 Å². The molecule has 1 aliphatic heterocycles. The van der Waals surface area contributed by atoms with Crippen molar-refractivity contribution in [3.05, 3.63) is 30.7 Å². The molecule has 0 N–H and O–H groups in total. The number of amides is 1. The molecule has 1 saturated heterocycles. The molecule has 2 aromatic rings. The van der Waals surface area contributed by atoms with Crippen LogP contribution >= 0.6 is 0 Å². The third-order valence-corrected chi connectivity index (χ3v) is 3.19. The lowest BCUT2D eigenvalue weighted by molar-refractivity contribution is 0.0871. The van der Waals surface area contributed by atoms with Crippen molar-refractivity contribution in [2.24, 2.45) is 7.05 Å². The average Bonchev–Trinajstić information content (AvgIpc) is 2.93. The van der Waals surface area contributed by atoms with Crippen molar-refractivity contribution in [3.63, 3.8) is 0 Å². The molecule has 20 heavy (non-hydrogen) atoms. The van der Waals surface area contributed by atoms with Crippen LogP contribution in [0.2, 0.25) is 0 Å². The number of anilines is 1. The SMILES string of the molecule is Cn1cc(-c2ccc(N3CC(C)(C)OC3=O)nc2)cn1. The highest BCUT2D eigenvalue weighted by Crippen LogP contribution is 2.27. The van der Waals surface area contributed by atoms with Gasteiger partial charge in [0, 0.05) is 30.6 Å². The molecular weight excluding hydrogens is 256 g/mol. The fourth-order valence-corrected chi connectivity index (χ4v) is 2.23. The third-order valence-electron chi connectivity index (χ3n) is 3.19. The van der Waals surface area contributed by atoms with Gasteiger partial charge < -0.3 is 4.74 Å². The predicted molar refractivity (Wildman–Crippen MR) is 74.3 cm³/mol. The summed E-state index contributed by atoms with van der Waals surface area (Å²) in [4.78, 5) is 17.7. The Bertz CT molecular complexity index is 645. The van der Waals surface area contributed by atoms with Crippen LogP contribution in [-0.2, 0) is 11.8 Å². The van der Waals surface area contributed by atoms with Gasteiger partial charge in [-0.25, -0.2) is 9.78 Å². The molecule has 1 amide bonds. The number of pyridine rings is 1. The lowest BCUT2D eigenvalue weighted by Gasteiger charge is -2.15. The summed E-state index contributed by atoms with van der Waals surface area (Å²) in [6, 6.07) is 3.75. The molecule has 1 aliphatic rings. The molecule has 2 aromatic heterocycles. The van der Waals surface area contributed by atoms with E-state index in [0.29, 0.717) is 12.4 Å². The zero-order chi connectivity index (χ0) is 14.3. The molecule has 0 unspecified atom stereocenters. The first kappa shape index (κ1) is 12.7. The summed E-state index contributed by atoms with van der Waals surface area (Å²) in [6.07, 6.45) is 5.09. The van der Waals surface area contributed by atoms with Gasteiger partial charge in [0.05, 0.1) is 12.7 Å². The van der Waals surface area contributed by atoms with Gasteiger partial charge in [0.25, 0.3) is 0 Å². The van der Waals surface area contributed by atoms with Gasteiger partial charge in [-0.05, 0) is 26.0 Å². The second-order valence-corrected chi connectivity index (χ2v) is 5.52. The van der Waals surface area contributed by atoms with E-state index in [0.717, 1.165) is 11.1 Å². The van der Waals surface area contributed by atoms with E-state index in [9.17, 15) is 4.79 Å². The van der Waals surface area contributed by atoms with Crippen molar-refractivity contribution in [2.45, 2.75) is 19.4 Å². The van der Waals surface area contributed by atoms with Crippen LogP contribution in [-0.4, -0.2) is 33.0 Å². The maximum atomic E-state index is 11.8. The lowest BCUT2D eigenvalue weighted by Crippen LogP contribution is -2.28. The summed E-state index contributed by atoms with van der Waals surface area (Å²) in [5.41, 5.74) is 1.49. The average molecular weight is 272 g/mol. The molecule has 0 spiro atoms. The molecule has 3 rings (SSSR count). The van der Waals surface area contributed by atoms with Gasteiger partial charge in [0.2, 0.25) is 0 Å². The Morgan fingerprint density at radius 3 is 2.55 bits per heavy atom. The minimum atomic E-state index is -0.471. The zero-order valence-electron chi connectivity index (χ0n) is 11.7. The monoisotopic (exact) mass is 272 g/mol. The van der Waals surface area contributed by atoms with Gasteiger partial charge in [-0.3, -0.25) is 9.58 Å². The van der Waals surface area contributed by atoms with Crippen molar-refractivity contribution in [2.75, 3.05) is 11.4 Å². The van der Waals surface area contributed by atoms with E-state index >= 15 is 0 Å². The van der Waals surface area contributed by atoms with Gasteiger partial charge in [-0.2, -0.15) is 5.10 Å². The topological polar surface area (TPSA) is 60.2 Å². The van der Waals surface area contributed by atoms with Crippen LogP contribution in [0.3, 0.4) is 0 Å². The fraction of sp³-hybridized carbons (Fsp3) is 0.357. The van der Waals surface area contributed by atoms with Gasteiger partial charge in [-0.1, -0.05) is 0 Å². The number of carbonyl (C=O) groups excluding carboxylic acids is 1. The molecule has 3 heterocycles. The van der Waals surface area contributed by atoms with Gasteiger partial charge in [0.1, 0.15) is 11.4 Å². The van der Waals surface area contributed by atoms with E-state index < -0.39 is 5.60 Å². The van der Waals surface area contributed by atoms with Crippen molar-refractivity contribution in [1.29, 1.82) is 0 Å². The molecule has 104 valence electrons. The van der Waals surface area contributed by atoms with Crippen molar-refractivity contribution >= 4 is 11.9 Å². The van der Waals surface area contributed by atoms with Crippen LogP contribution in [0.1, 0.15) is 13.8 Å². The molecule has 0 radical (unpaired) electrons. The Kier molecular flexibility index (Phi) is 2.74. The number of ether oxygens (including phenoxy) is 1. The minimum absolute atomic E-state index is 0.350. The summed E-state index contributed by atoms with van der Waals surface area (Å²) < 4.78 is 7.01. The van der Waals surface area contributed by atoms with Crippen molar-refractivity contribution in [3.8, 4) is 11.1 Å². The predicted octanol–water partition coefficient (Wildman–Crippen LogP) is 2.22. The molecule has 6 heteroatoms. The minimum Gasteiger partial charge on any atom is -0.441 e. The molecule has 6 nitrogen and oxygen atoms in total. The number of aromatic nitrogens is 3. The quantitative estimate of drug-likeness (QED) is 0.841. The van der Waals surface area contributed by atoms with E-state index in [2.05, 4.69) is 10.1 Å². The normalized spacial score (nSPS) is 17.4. The first-order valence-corrected chi connectivity index (χ1v) is 6.40. The highest BCUT2D eigenvalue weighted by Gasteiger charge is 2.38. The van der Waals surface area contributed by atoms with Crippen LogP contribution in [0.25, 0.3) is 11.1 Å². The third kappa shape index (κ3) is 2.24. The summed E-state index contributed by atoms with van der Waals surface area (Å²) in [5, 5.41) is 4.13. The summed E-state index contributed by atoms with van der Waals surface area (Å²) >= 11 is 0. The van der Waals surface area contributed by atoms with Crippen LogP contribution in [0.15, 0.2) is 30.7 Å². The van der Waals surface area contributed by atoms with E-state index in [1.807, 2.05) is 39.2 Å². The Labute approximate surface area is 117 Å². The first-order valence-electron chi connectivity index (χ1n) is 6.40. The molecular formula is C14H16N4O2. The molecule has 0 saturated carbocycles. The number of rotatable bonds is 2. The van der Waals surface area contributed by atoms with Crippen LogP contribution in [0.4, 0.5) is 10.6 Å². The summed E-state index contributed by atoms with van der Waals surface area (Å²) in [6.45, 7) is 4.27. The van der Waals surface area contributed by atoms with E-state index in [1.54, 1.807) is 22.0 Å². The van der Waals surface area contributed by atoms with Gasteiger partial charge in [-0.15, -0.1) is 0 Å². The maximum absolute atomic E-state index is 11.8. The standard InChI is InChI=1S/C14H16N4O2/c1-14(2)9-18(13(19)20-14)12-5-4-10(6-15-12)11-7-16-17(3)8-11/h4-8H,9H2,1-3H3. The number of cyclic esters (lactones) is 1. The number of hydrogen-bond acceptors (Lipinski definition) is 4. The summed E-state index contributed by atoms with van der Waals surface area (Å²) in [7, 11) is 1.87. The zero-order valence-corrected chi connectivity index (χ0v) is 11.7. The highest BCUT2D eigenvalue weighted by molar-refractivity contribution is 5.89. The Morgan fingerprint density at radius 2 is 2.05 bits per heavy atom.